The SMILES string of the molecule is CC(C)(C)c1cc(Cl)c(O)c(NC(=S)NC(=O)c2ccccc2F)c1. The molecule has 2 aromatic carbocycles. The number of phenols is 1. The Morgan fingerprint density at radius 1 is 1.24 bits per heavy atom. The Morgan fingerprint density at radius 3 is 2.48 bits per heavy atom. The minimum absolute atomic E-state index is 0.0781. The summed E-state index contributed by atoms with van der Waals surface area (Å²) in [5, 5.41) is 15.3. The average Bonchev–Trinajstić information content (AvgIpc) is 2.50. The zero-order valence-corrected chi connectivity index (χ0v) is 15.6. The van der Waals surface area contributed by atoms with Crippen LogP contribution in [-0.2, 0) is 5.41 Å². The molecule has 0 spiro atoms. The first-order chi connectivity index (χ1) is 11.6. The molecule has 0 heterocycles. The number of amides is 1. The van der Waals surface area contributed by atoms with E-state index in [1.807, 2.05) is 20.8 Å². The molecule has 0 radical (unpaired) electrons. The lowest BCUT2D eigenvalue weighted by Crippen LogP contribution is -2.34. The minimum atomic E-state index is -0.687. The Bertz CT molecular complexity index is 834. The van der Waals surface area contributed by atoms with Gasteiger partial charge in [-0.3, -0.25) is 10.1 Å². The largest absolute Gasteiger partial charge is 0.504 e. The molecule has 25 heavy (non-hydrogen) atoms. The lowest BCUT2D eigenvalue weighted by Gasteiger charge is -2.21. The molecule has 0 fully saturated rings. The standard InChI is InChI=1S/C18H18ClFN2O2S/c1-18(2,3)10-8-12(19)15(23)14(9-10)21-17(25)22-16(24)11-6-4-5-7-13(11)20/h4-9,23H,1-3H3,(H2,21,22,24,25). The molecule has 7 heteroatoms. The summed E-state index contributed by atoms with van der Waals surface area (Å²) in [6.07, 6.45) is 0. The number of nitrogens with one attached hydrogen (secondary N) is 2. The summed E-state index contributed by atoms with van der Waals surface area (Å²) in [5.74, 6) is -1.52. The van der Waals surface area contributed by atoms with Crippen LogP contribution in [-0.4, -0.2) is 16.1 Å². The number of halogens is 2. The molecule has 0 aliphatic carbocycles. The molecule has 0 bridgehead atoms. The molecular weight excluding hydrogens is 363 g/mol. The average molecular weight is 381 g/mol. The third-order valence-electron chi connectivity index (χ3n) is 3.52. The van der Waals surface area contributed by atoms with Crippen LogP contribution in [0.3, 0.4) is 0 Å². The first-order valence-electron chi connectivity index (χ1n) is 7.49. The molecule has 0 saturated carbocycles. The summed E-state index contributed by atoms with van der Waals surface area (Å²) in [6, 6.07) is 8.94. The second-order valence-electron chi connectivity index (χ2n) is 6.49. The number of thiocarbonyl (C=S) groups is 1. The molecule has 2 aromatic rings. The fourth-order valence-corrected chi connectivity index (χ4v) is 2.52. The number of anilines is 1. The highest BCUT2D eigenvalue weighted by Crippen LogP contribution is 2.37. The normalized spacial score (nSPS) is 11.1. The van der Waals surface area contributed by atoms with Crippen molar-refractivity contribution in [2.45, 2.75) is 26.2 Å². The first-order valence-corrected chi connectivity index (χ1v) is 8.28. The van der Waals surface area contributed by atoms with Crippen LogP contribution < -0.4 is 10.6 Å². The van der Waals surface area contributed by atoms with Gasteiger partial charge < -0.3 is 10.4 Å². The topological polar surface area (TPSA) is 61.4 Å². The maximum absolute atomic E-state index is 13.6. The first kappa shape index (κ1) is 19.1. The van der Waals surface area contributed by atoms with Crippen molar-refractivity contribution in [3.05, 3.63) is 58.4 Å². The van der Waals surface area contributed by atoms with E-state index in [2.05, 4.69) is 10.6 Å². The van der Waals surface area contributed by atoms with E-state index in [1.54, 1.807) is 18.2 Å². The Balaban J connectivity index is 2.19. The number of rotatable bonds is 2. The van der Waals surface area contributed by atoms with Crippen LogP contribution in [0.25, 0.3) is 0 Å². The van der Waals surface area contributed by atoms with Crippen molar-refractivity contribution < 1.29 is 14.3 Å². The molecule has 132 valence electrons. The number of benzene rings is 2. The number of hydrogen-bond donors (Lipinski definition) is 3. The maximum Gasteiger partial charge on any atom is 0.260 e. The Labute approximate surface area is 156 Å². The van der Waals surface area contributed by atoms with Crippen molar-refractivity contribution in [3.63, 3.8) is 0 Å². The van der Waals surface area contributed by atoms with Crippen LogP contribution >= 0.6 is 23.8 Å². The number of hydrogen-bond acceptors (Lipinski definition) is 3. The van der Waals surface area contributed by atoms with Gasteiger partial charge in [-0.1, -0.05) is 44.5 Å². The third-order valence-corrected chi connectivity index (χ3v) is 4.02. The van der Waals surface area contributed by atoms with Gasteiger partial charge in [0.2, 0.25) is 0 Å². The van der Waals surface area contributed by atoms with Gasteiger partial charge in [-0.25, -0.2) is 4.39 Å². The Hall–Kier alpha value is -2.18. The van der Waals surface area contributed by atoms with Crippen LogP contribution in [0.1, 0.15) is 36.7 Å². The molecule has 1 amide bonds. The highest BCUT2D eigenvalue weighted by atomic mass is 35.5. The van der Waals surface area contributed by atoms with Gasteiger partial charge in [0.15, 0.2) is 10.9 Å². The summed E-state index contributed by atoms with van der Waals surface area (Å²) < 4.78 is 13.6. The molecule has 4 nitrogen and oxygen atoms in total. The molecular formula is C18H18ClFN2O2S. The fraction of sp³-hybridized carbons (Fsp3) is 0.222. The van der Waals surface area contributed by atoms with Crippen LogP contribution in [0.15, 0.2) is 36.4 Å². The van der Waals surface area contributed by atoms with Crippen LogP contribution in [0, 0.1) is 5.82 Å². The molecule has 0 aromatic heterocycles. The van der Waals surface area contributed by atoms with Gasteiger partial charge in [0.1, 0.15) is 5.82 Å². The highest BCUT2D eigenvalue weighted by molar-refractivity contribution is 7.80. The lowest BCUT2D eigenvalue weighted by atomic mass is 9.87. The number of carbonyl (C=O) groups is 1. The second-order valence-corrected chi connectivity index (χ2v) is 7.31. The summed E-state index contributed by atoms with van der Waals surface area (Å²) in [5.41, 5.74) is 0.806. The second kappa shape index (κ2) is 7.37. The number of aromatic hydroxyl groups is 1. The van der Waals surface area contributed by atoms with Gasteiger partial charge in [0.05, 0.1) is 16.3 Å². The van der Waals surface area contributed by atoms with E-state index in [0.29, 0.717) is 0 Å². The van der Waals surface area contributed by atoms with Crippen LogP contribution in [0.4, 0.5) is 10.1 Å². The van der Waals surface area contributed by atoms with Gasteiger partial charge in [0.25, 0.3) is 5.91 Å². The third kappa shape index (κ3) is 4.67. The van der Waals surface area contributed by atoms with E-state index < -0.39 is 11.7 Å². The summed E-state index contributed by atoms with van der Waals surface area (Å²) >= 11 is 11.1. The quantitative estimate of drug-likeness (QED) is 0.526. The zero-order chi connectivity index (χ0) is 18.8. The van der Waals surface area contributed by atoms with E-state index in [-0.39, 0.29) is 32.6 Å². The van der Waals surface area contributed by atoms with E-state index in [1.165, 1.54) is 18.2 Å². The predicted molar refractivity (Wildman–Crippen MR) is 102 cm³/mol. The smallest absolute Gasteiger partial charge is 0.260 e. The minimum Gasteiger partial charge on any atom is -0.504 e. The Morgan fingerprint density at radius 2 is 1.88 bits per heavy atom. The highest BCUT2D eigenvalue weighted by Gasteiger charge is 2.19. The molecule has 0 unspecified atom stereocenters. The molecule has 0 saturated heterocycles. The molecule has 2 rings (SSSR count). The summed E-state index contributed by atoms with van der Waals surface area (Å²) in [6.45, 7) is 5.99. The van der Waals surface area contributed by atoms with E-state index in [9.17, 15) is 14.3 Å². The molecule has 3 N–H and O–H groups in total. The lowest BCUT2D eigenvalue weighted by molar-refractivity contribution is 0.0974. The van der Waals surface area contributed by atoms with Gasteiger partial charge >= 0.3 is 0 Å². The van der Waals surface area contributed by atoms with Crippen molar-refractivity contribution in [1.29, 1.82) is 0 Å². The van der Waals surface area contributed by atoms with E-state index in [4.69, 9.17) is 23.8 Å². The van der Waals surface area contributed by atoms with Crippen molar-refractivity contribution in [1.82, 2.24) is 5.32 Å². The number of phenolic OH excluding ortho intramolecular Hbond substituents is 1. The van der Waals surface area contributed by atoms with Crippen molar-refractivity contribution in [2.24, 2.45) is 0 Å². The van der Waals surface area contributed by atoms with Gasteiger partial charge in [-0.05, 0) is 47.5 Å². The van der Waals surface area contributed by atoms with Crippen molar-refractivity contribution in [3.8, 4) is 5.75 Å². The maximum atomic E-state index is 13.6. The molecule has 0 aliphatic rings. The fourth-order valence-electron chi connectivity index (χ4n) is 2.10. The Kier molecular flexibility index (Phi) is 5.65. The van der Waals surface area contributed by atoms with Crippen molar-refractivity contribution in [2.75, 3.05) is 5.32 Å². The van der Waals surface area contributed by atoms with Crippen LogP contribution in [0.5, 0.6) is 5.75 Å². The van der Waals surface area contributed by atoms with Gasteiger partial charge in [-0.15, -0.1) is 0 Å². The van der Waals surface area contributed by atoms with E-state index >= 15 is 0 Å². The monoisotopic (exact) mass is 380 g/mol. The molecule has 0 aliphatic heterocycles. The number of carbonyl (C=O) groups excluding carboxylic acids is 1. The summed E-state index contributed by atoms with van der Waals surface area (Å²) in [4.78, 5) is 12.1. The predicted octanol–water partition coefficient (Wildman–Crippen LogP) is 4.61. The van der Waals surface area contributed by atoms with Gasteiger partial charge in [0, 0.05) is 0 Å². The molecule has 0 atom stereocenters. The van der Waals surface area contributed by atoms with Gasteiger partial charge in [-0.2, -0.15) is 0 Å². The summed E-state index contributed by atoms with van der Waals surface area (Å²) in [7, 11) is 0. The van der Waals surface area contributed by atoms with Crippen LogP contribution in [0.2, 0.25) is 5.02 Å². The van der Waals surface area contributed by atoms with Crippen molar-refractivity contribution >= 4 is 40.5 Å². The van der Waals surface area contributed by atoms with E-state index in [0.717, 1.165) is 5.56 Å². The zero-order valence-electron chi connectivity index (χ0n) is 14.0.